The first-order chi connectivity index (χ1) is 12.1. The minimum atomic E-state index is -0.407. The molecule has 0 fully saturated rings. The van der Waals surface area contributed by atoms with E-state index in [9.17, 15) is 9.59 Å². The minimum Gasteiger partial charge on any atom is -0.486 e. The van der Waals surface area contributed by atoms with Crippen LogP contribution in [-0.4, -0.2) is 31.7 Å². The lowest BCUT2D eigenvalue weighted by Gasteiger charge is -2.19. The molecular formula is C18H16ClNO5. The van der Waals surface area contributed by atoms with E-state index in [0.717, 1.165) is 0 Å². The van der Waals surface area contributed by atoms with Crippen LogP contribution >= 0.6 is 11.6 Å². The molecule has 0 unspecified atom stereocenters. The highest BCUT2D eigenvalue weighted by Gasteiger charge is 2.19. The maximum absolute atomic E-state index is 12.5. The molecule has 0 bridgehead atoms. The van der Waals surface area contributed by atoms with Gasteiger partial charge in [0, 0.05) is 11.8 Å². The summed E-state index contributed by atoms with van der Waals surface area (Å²) in [6.45, 7) is 2.91. The molecule has 25 heavy (non-hydrogen) atoms. The monoisotopic (exact) mass is 361 g/mol. The standard InChI is InChI=1S/C18H16ClNO5/c1-2-23-18(22)11-3-5-12(6-4-11)20-17(21)13-9-15-16(10-14(13)19)25-8-7-24-15/h3-6,9-10H,2,7-8H2,1H3,(H,20,21). The first-order valence-corrected chi connectivity index (χ1v) is 8.14. The summed E-state index contributed by atoms with van der Waals surface area (Å²) < 4.78 is 15.8. The molecule has 1 aliphatic rings. The maximum Gasteiger partial charge on any atom is 0.338 e. The number of benzene rings is 2. The first kappa shape index (κ1) is 17.1. The molecule has 0 radical (unpaired) electrons. The number of nitrogens with one attached hydrogen (secondary N) is 1. The van der Waals surface area contributed by atoms with Gasteiger partial charge in [-0.05, 0) is 37.3 Å². The average Bonchev–Trinajstić information content (AvgIpc) is 2.62. The average molecular weight is 362 g/mol. The lowest BCUT2D eigenvalue weighted by atomic mass is 10.1. The number of hydrogen-bond acceptors (Lipinski definition) is 5. The fourth-order valence-corrected chi connectivity index (χ4v) is 2.58. The van der Waals surface area contributed by atoms with Gasteiger partial charge in [0.05, 0.1) is 22.8 Å². The summed E-state index contributed by atoms with van der Waals surface area (Å²) in [5.74, 6) is 0.214. The number of ether oxygens (including phenoxy) is 3. The van der Waals surface area contributed by atoms with Crippen molar-refractivity contribution >= 4 is 29.2 Å². The van der Waals surface area contributed by atoms with Crippen molar-refractivity contribution in [3.05, 3.63) is 52.5 Å². The number of rotatable bonds is 4. The van der Waals surface area contributed by atoms with Crippen molar-refractivity contribution < 1.29 is 23.8 Å². The van der Waals surface area contributed by atoms with Gasteiger partial charge in [0.1, 0.15) is 13.2 Å². The van der Waals surface area contributed by atoms with E-state index in [2.05, 4.69) is 5.32 Å². The number of hydrogen-bond donors (Lipinski definition) is 1. The predicted molar refractivity (Wildman–Crippen MR) is 92.8 cm³/mol. The number of fused-ring (bicyclic) bond motifs is 1. The van der Waals surface area contributed by atoms with Gasteiger partial charge in [-0.25, -0.2) is 4.79 Å². The van der Waals surface area contributed by atoms with Crippen LogP contribution in [0.15, 0.2) is 36.4 Å². The van der Waals surface area contributed by atoms with Gasteiger partial charge in [-0.3, -0.25) is 4.79 Å². The topological polar surface area (TPSA) is 73.9 Å². The second-order valence-corrected chi connectivity index (χ2v) is 5.63. The predicted octanol–water partition coefficient (Wildman–Crippen LogP) is 3.54. The van der Waals surface area contributed by atoms with Gasteiger partial charge in [0.2, 0.25) is 0 Å². The molecule has 3 rings (SSSR count). The summed E-state index contributed by atoms with van der Waals surface area (Å²) in [6, 6.07) is 9.53. The number of carbonyl (C=O) groups excluding carboxylic acids is 2. The second kappa shape index (κ2) is 7.44. The van der Waals surface area contributed by atoms with Crippen LogP contribution in [0.3, 0.4) is 0 Å². The van der Waals surface area contributed by atoms with E-state index in [1.807, 2.05) is 0 Å². The van der Waals surface area contributed by atoms with Crippen LogP contribution in [0.1, 0.15) is 27.6 Å². The highest BCUT2D eigenvalue weighted by atomic mass is 35.5. The Morgan fingerprint density at radius 2 is 1.76 bits per heavy atom. The number of carbonyl (C=O) groups is 2. The molecule has 130 valence electrons. The highest BCUT2D eigenvalue weighted by molar-refractivity contribution is 6.34. The van der Waals surface area contributed by atoms with Crippen molar-refractivity contribution in [3.8, 4) is 11.5 Å². The lowest BCUT2D eigenvalue weighted by molar-refractivity contribution is 0.0526. The molecule has 1 N–H and O–H groups in total. The summed E-state index contributed by atoms with van der Waals surface area (Å²) in [4.78, 5) is 24.1. The van der Waals surface area contributed by atoms with Crippen LogP contribution in [0.25, 0.3) is 0 Å². The fraction of sp³-hybridized carbons (Fsp3) is 0.222. The van der Waals surface area contributed by atoms with Crippen LogP contribution in [-0.2, 0) is 4.74 Å². The Bertz CT molecular complexity index is 804. The molecule has 7 heteroatoms. The van der Waals surface area contributed by atoms with Crippen molar-refractivity contribution in [2.75, 3.05) is 25.1 Å². The fourth-order valence-electron chi connectivity index (χ4n) is 2.34. The molecular weight excluding hydrogens is 346 g/mol. The van der Waals surface area contributed by atoms with Crippen molar-refractivity contribution in [3.63, 3.8) is 0 Å². The van der Waals surface area contributed by atoms with Crippen LogP contribution in [0.5, 0.6) is 11.5 Å². The van der Waals surface area contributed by atoms with Crippen molar-refractivity contribution in [1.29, 1.82) is 0 Å². The van der Waals surface area contributed by atoms with E-state index in [1.54, 1.807) is 43.3 Å². The number of esters is 1. The first-order valence-electron chi connectivity index (χ1n) is 7.76. The van der Waals surface area contributed by atoms with Gasteiger partial charge in [0.25, 0.3) is 5.91 Å². The summed E-state index contributed by atoms with van der Waals surface area (Å²) >= 11 is 6.17. The van der Waals surface area contributed by atoms with E-state index in [4.69, 9.17) is 25.8 Å². The van der Waals surface area contributed by atoms with Gasteiger partial charge in [-0.2, -0.15) is 0 Å². The molecule has 0 saturated heterocycles. The molecule has 0 aromatic heterocycles. The lowest BCUT2D eigenvalue weighted by Crippen LogP contribution is -2.17. The van der Waals surface area contributed by atoms with E-state index in [-0.39, 0.29) is 16.5 Å². The van der Waals surface area contributed by atoms with Crippen molar-refractivity contribution in [1.82, 2.24) is 0 Å². The molecule has 0 saturated carbocycles. The number of halogens is 1. The van der Waals surface area contributed by atoms with Gasteiger partial charge in [0.15, 0.2) is 11.5 Å². The zero-order valence-electron chi connectivity index (χ0n) is 13.5. The van der Waals surface area contributed by atoms with Gasteiger partial charge < -0.3 is 19.5 Å². The Balaban J connectivity index is 1.75. The number of anilines is 1. The highest BCUT2D eigenvalue weighted by Crippen LogP contribution is 2.35. The van der Waals surface area contributed by atoms with Gasteiger partial charge >= 0.3 is 5.97 Å². The summed E-state index contributed by atoms with van der Waals surface area (Å²) in [5, 5.41) is 3.00. The van der Waals surface area contributed by atoms with E-state index in [0.29, 0.717) is 42.6 Å². The summed E-state index contributed by atoms with van der Waals surface area (Å²) in [7, 11) is 0. The third-order valence-corrected chi connectivity index (χ3v) is 3.84. The van der Waals surface area contributed by atoms with Crippen molar-refractivity contribution in [2.24, 2.45) is 0 Å². The Hall–Kier alpha value is -2.73. The molecule has 0 aliphatic carbocycles. The zero-order valence-corrected chi connectivity index (χ0v) is 14.3. The molecule has 0 atom stereocenters. The Kier molecular flexibility index (Phi) is 5.09. The molecule has 1 amide bonds. The largest absolute Gasteiger partial charge is 0.486 e. The quantitative estimate of drug-likeness (QED) is 0.843. The van der Waals surface area contributed by atoms with E-state index in [1.165, 1.54) is 0 Å². The molecule has 0 spiro atoms. The molecule has 1 aliphatic heterocycles. The van der Waals surface area contributed by atoms with Crippen LogP contribution in [0.4, 0.5) is 5.69 Å². The van der Waals surface area contributed by atoms with Crippen LogP contribution in [0.2, 0.25) is 5.02 Å². The smallest absolute Gasteiger partial charge is 0.338 e. The van der Waals surface area contributed by atoms with Gasteiger partial charge in [-0.1, -0.05) is 11.6 Å². The minimum absolute atomic E-state index is 0.268. The molecule has 2 aromatic rings. The van der Waals surface area contributed by atoms with Crippen LogP contribution < -0.4 is 14.8 Å². The Labute approximate surface area is 149 Å². The third kappa shape index (κ3) is 3.85. The third-order valence-electron chi connectivity index (χ3n) is 3.53. The normalized spacial score (nSPS) is 12.4. The number of amides is 1. The Morgan fingerprint density at radius 3 is 2.40 bits per heavy atom. The van der Waals surface area contributed by atoms with E-state index < -0.39 is 5.97 Å². The Morgan fingerprint density at radius 1 is 1.12 bits per heavy atom. The van der Waals surface area contributed by atoms with Crippen molar-refractivity contribution in [2.45, 2.75) is 6.92 Å². The zero-order chi connectivity index (χ0) is 17.8. The molecule has 1 heterocycles. The summed E-state index contributed by atoms with van der Waals surface area (Å²) in [6.07, 6.45) is 0. The molecule has 6 nitrogen and oxygen atoms in total. The van der Waals surface area contributed by atoms with E-state index >= 15 is 0 Å². The maximum atomic E-state index is 12.5. The summed E-state index contributed by atoms with van der Waals surface area (Å²) in [5.41, 5.74) is 1.22. The van der Waals surface area contributed by atoms with Crippen LogP contribution in [0, 0.1) is 0 Å². The second-order valence-electron chi connectivity index (χ2n) is 5.23. The van der Waals surface area contributed by atoms with Gasteiger partial charge in [-0.15, -0.1) is 0 Å². The SMILES string of the molecule is CCOC(=O)c1ccc(NC(=O)c2cc3c(cc2Cl)OCCO3)cc1. The molecule has 2 aromatic carbocycles.